The van der Waals surface area contributed by atoms with E-state index in [4.69, 9.17) is 9.47 Å². The molecule has 0 aromatic heterocycles. The molecule has 0 bridgehead atoms. The van der Waals surface area contributed by atoms with E-state index in [1.807, 2.05) is 12.1 Å². The van der Waals surface area contributed by atoms with Crippen LogP contribution in [0.2, 0.25) is 0 Å². The third kappa shape index (κ3) is 4.00. The molecule has 0 saturated heterocycles. The molecule has 1 aliphatic rings. The van der Waals surface area contributed by atoms with Crippen molar-refractivity contribution in [2.24, 2.45) is 0 Å². The van der Waals surface area contributed by atoms with Crippen LogP contribution in [0.5, 0.6) is 11.5 Å². The summed E-state index contributed by atoms with van der Waals surface area (Å²) in [6, 6.07) is 17.6. The van der Waals surface area contributed by atoms with Gasteiger partial charge in [0.2, 0.25) is 0 Å². The minimum Gasteiger partial charge on any atom is -0.423 e. The van der Waals surface area contributed by atoms with Gasteiger partial charge in [-0.2, -0.15) is 0 Å². The first kappa shape index (κ1) is 17.5. The Balaban J connectivity index is 1.74. The fourth-order valence-corrected chi connectivity index (χ4v) is 2.64. The molecule has 0 unspecified atom stereocenters. The van der Waals surface area contributed by atoms with Crippen LogP contribution in [0.25, 0.3) is 0 Å². The number of carbonyl (C=O) groups excluding carboxylic acids is 2. The van der Waals surface area contributed by atoms with Gasteiger partial charge in [-0.25, -0.2) is 9.59 Å². The second-order valence-electron chi connectivity index (χ2n) is 5.91. The molecule has 132 valence electrons. The molecule has 1 N–H and O–H groups in total. The molecule has 0 fully saturated rings. The largest absolute Gasteiger partial charge is 0.423 e. The highest BCUT2D eigenvalue weighted by Crippen LogP contribution is 2.26. The lowest BCUT2D eigenvalue weighted by Crippen LogP contribution is -2.28. The molecule has 0 spiro atoms. The molecule has 5 nitrogen and oxygen atoms in total. The summed E-state index contributed by atoms with van der Waals surface area (Å²) in [6.07, 6.45) is 0.155. The van der Waals surface area contributed by atoms with Gasteiger partial charge in [-0.15, -0.1) is 0 Å². The Bertz CT molecular complexity index is 809. The van der Waals surface area contributed by atoms with E-state index >= 15 is 0 Å². The van der Waals surface area contributed by atoms with Gasteiger partial charge in [-0.1, -0.05) is 36.4 Å². The van der Waals surface area contributed by atoms with Gasteiger partial charge in [0.25, 0.3) is 0 Å². The molecule has 5 heteroatoms. The highest BCUT2D eigenvalue weighted by molar-refractivity contribution is 5.98. The summed E-state index contributed by atoms with van der Waals surface area (Å²) in [4.78, 5) is 25.0. The van der Waals surface area contributed by atoms with Gasteiger partial charge in [0, 0.05) is 17.8 Å². The molecule has 1 heterocycles. The van der Waals surface area contributed by atoms with E-state index in [9.17, 15) is 9.59 Å². The van der Waals surface area contributed by atoms with E-state index in [1.165, 1.54) is 0 Å². The molecule has 0 atom stereocenters. The van der Waals surface area contributed by atoms with Crippen LogP contribution in [0.1, 0.15) is 20.3 Å². The maximum atomic E-state index is 12.5. The molecule has 1 aliphatic heterocycles. The topological polar surface area (TPSA) is 64.6 Å². The summed E-state index contributed by atoms with van der Waals surface area (Å²) >= 11 is 0. The molecule has 0 amide bonds. The summed E-state index contributed by atoms with van der Waals surface area (Å²) in [5.41, 5.74) is 2.14. The Hall–Kier alpha value is -3.34. The average molecular weight is 349 g/mol. The lowest BCUT2D eigenvalue weighted by molar-refractivity contribution is -0.130. The first-order chi connectivity index (χ1) is 12.5. The number of carbonyl (C=O) groups is 2. The van der Waals surface area contributed by atoms with E-state index in [1.54, 1.807) is 62.4 Å². The summed E-state index contributed by atoms with van der Waals surface area (Å²) in [5, 5.41) is 3.07. The van der Waals surface area contributed by atoms with Crippen LogP contribution in [0, 0.1) is 0 Å². The minimum atomic E-state index is -0.487. The van der Waals surface area contributed by atoms with Gasteiger partial charge in [0.15, 0.2) is 0 Å². The molecule has 2 aromatic rings. The lowest BCUT2D eigenvalue weighted by Gasteiger charge is -2.22. The van der Waals surface area contributed by atoms with Crippen molar-refractivity contribution in [3.8, 4) is 11.5 Å². The van der Waals surface area contributed by atoms with Crippen molar-refractivity contribution in [2.75, 3.05) is 0 Å². The van der Waals surface area contributed by atoms with Crippen molar-refractivity contribution in [2.45, 2.75) is 20.3 Å². The summed E-state index contributed by atoms with van der Waals surface area (Å²) in [7, 11) is 0. The van der Waals surface area contributed by atoms with E-state index in [-0.39, 0.29) is 6.42 Å². The van der Waals surface area contributed by atoms with Crippen LogP contribution in [0.15, 0.2) is 83.2 Å². The zero-order chi connectivity index (χ0) is 18.5. The van der Waals surface area contributed by atoms with E-state index in [0.717, 1.165) is 0 Å². The number of benzene rings is 2. The average Bonchev–Trinajstić information content (AvgIpc) is 2.63. The number of ether oxygens (including phenoxy) is 2. The number of nitrogens with one attached hydrogen (secondary N) is 1. The van der Waals surface area contributed by atoms with Crippen molar-refractivity contribution in [1.82, 2.24) is 5.32 Å². The second kappa shape index (κ2) is 7.70. The summed E-state index contributed by atoms with van der Waals surface area (Å²) in [6.45, 7) is 3.56. The maximum absolute atomic E-state index is 12.5. The molecular weight excluding hydrogens is 330 g/mol. The number of hydrogen-bond donors (Lipinski definition) is 1. The SMILES string of the molecule is CC1=C(C(=O)Oc2ccccc2)CC(C(=O)Oc2ccccc2)=C(C)N1. The summed E-state index contributed by atoms with van der Waals surface area (Å²) < 4.78 is 10.8. The van der Waals surface area contributed by atoms with E-state index in [2.05, 4.69) is 5.32 Å². The zero-order valence-electron chi connectivity index (χ0n) is 14.6. The quantitative estimate of drug-likeness (QED) is 0.673. The highest BCUT2D eigenvalue weighted by Gasteiger charge is 2.27. The monoisotopic (exact) mass is 349 g/mol. The number of esters is 2. The van der Waals surface area contributed by atoms with E-state index < -0.39 is 11.9 Å². The van der Waals surface area contributed by atoms with Gasteiger partial charge in [0.1, 0.15) is 11.5 Å². The molecule has 0 saturated carbocycles. The van der Waals surface area contributed by atoms with Crippen molar-refractivity contribution in [1.29, 1.82) is 0 Å². The Morgan fingerprint density at radius 2 is 1.12 bits per heavy atom. The molecule has 26 heavy (non-hydrogen) atoms. The van der Waals surface area contributed by atoms with Crippen LogP contribution >= 0.6 is 0 Å². The zero-order valence-corrected chi connectivity index (χ0v) is 14.6. The van der Waals surface area contributed by atoms with Gasteiger partial charge in [-0.05, 0) is 38.1 Å². The molecule has 0 aliphatic carbocycles. The normalized spacial score (nSPS) is 13.9. The fraction of sp³-hybridized carbons (Fsp3) is 0.143. The van der Waals surface area contributed by atoms with Crippen molar-refractivity contribution < 1.29 is 19.1 Å². The van der Waals surface area contributed by atoms with Crippen molar-refractivity contribution in [3.63, 3.8) is 0 Å². The van der Waals surface area contributed by atoms with Crippen LogP contribution in [0.3, 0.4) is 0 Å². The van der Waals surface area contributed by atoms with Crippen LogP contribution in [-0.4, -0.2) is 11.9 Å². The fourth-order valence-electron chi connectivity index (χ4n) is 2.64. The Morgan fingerprint density at radius 3 is 1.50 bits per heavy atom. The van der Waals surface area contributed by atoms with Gasteiger partial charge >= 0.3 is 11.9 Å². The van der Waals surface area contributed by atoms with Gasteiger partial charge in [-0.3, -0.25) is 0 Å². The second-order valence-corrected chi connectivity index (χ2v) is 5.91. The van der Waals surface area contributed by atoms with Crippen LogP contribution < -0.4 is 14.8 Å². The number of allylic oxidation sites excluding steroid dienone is 2. The van der Waals surface area contributed by atoms with E-state index in [0.29, 0.717) is 34.0 Å². The Labute approximate surface area is 151 Å². The van der Waals surface area contributed by atoms with Crippen LogP contribution in [0.4, 0.5) is 0 Å². The first-order valence-electron chi connectivity index (χ1n) is 8.25. The number of rotatable bonds is 4. The lowest BCUT2D eigenvalue weighted by atomic mass is 9.98. The molecular formula is C21H19NO4. The number of dihydropyridines is 1. The van der Waals surface area contributed by atoms with Gasteiger partial charge in [0.05, 0.1) is 11.1 Å². The van der Waals surface area contributed by atoms with Crippen molar-refractivity contribution in [3.05, 3.63) is 83.2 Å². The first-order valence-corrected chi connectivity index (χ1v) is 8.25. The van der Waals surface area contributed by atoms with Crippen molar-refractivity contribution >= 4 is 11.9 Å². The predicted octanol–water partition coefficient (Wildman–Crippen LogP) is 3.74. The maximum Gasteiger partial charge on any atom is 0.341 e. The third-order valence-electron chi connectivity index (χ3n) is 4.03. The molecule has 3 rings (SSSR count). The third-order valence-corrected chi connectivity index (χ3v) is 4.03. The Morgan fingerprint density at radius 1 is 0.731 bits per heavy atom. The van der Waals surface area contributed by atoms with Gasteiger partial charge < -0.3 is 14.8 Å². The highest BCUT2D eigenvalue weighted by atomic mass is 16.5. The minimum absolute atomic E-state index is 0.155. The predicted molar refractivity (Wildman–Crippen MR) is 97.3 cm³/mol. The molecule has 2 aromatic carbocycles. The standard InChI is InChI=1S/C21H19NO4/c1-14-18(20(23)25-16-9-5-3-6-10-16)13-19(15(2)22-14)21(24)26-17-11-7-4-8-12-17/h3-12,22H,13H2,1-2H3. The smallest absolute Gasteiger partial charge is 0.341 e. The van der Waals surface area contributed by atoms with Crippen LogP contribution in [-0.2, 0) is 9.59 Å². The Kier molecular flexibility index (Phi) is 5.17. The summed E-state index contributed by atoms with van der Waals surface area (Å²) in [5.74, 6) is -0.0626. The number of hydrogen-bond acceptors (Lipinski definition) is 5. The molecule has 0 radical (unpaired) electrons. The number of para-hydroxylation sites is 2.